The highest BCUT2D eigenvalue weighted by Gasteiger charge is 2.29. The smallest absolute Gasteiger partial charge is 0.306 e. The van der Waals surface area contributed by atoms with E-state index < -0.39 is 16.0 Å². The van der Waals surface area contributed by atoms with Gasteiger partial charge in [-0.1, -0.05) is 11.6 Å². The molecule has 128 valence electrons. The van der Waals surface area contributed by atoms with Crippen molar-refractivity contribution in [3.05, 3.63) is 23.2 Å². The van der Waals surface area contributed by atoms with E-state index in [0.717, 1.165) is 0 Å². The number of carboxylic acids is 1. The van der Waals surface area contributed by atoms with Crippen LogP contribution in [0.4, 0.5) is 5.69 Å². The number of anilines is 1. The molecule has 0 unspecified atom stereocenters. The Kier molecular flexibility index (Phi) is 5.89. The molecule has 23 heavy (non-hydrogen) atoms. The van der Waals surface area contributed by atoms with E-state index in [2.05, 4.69) is 10.0 Å². The third-order valence-corrected chi connectivity index (χ3v) is 5.86. The summed E-state index contributed by atoms with van der Waals surface area (Å²) in [5.41, 5.74) is 0.576. The van der Waals surface area contributed by atoms with E-state index in [1.165, 1.54) is 12.1 Å². The SMILES string of the molecule is CCNc1cc(S(=O)(=O)NC2CCC(C(=O)O)CC2)ccc1Cl. The van der Waals surface area contributed by atoms with Crippen molar-refractivity contribution in [3.8, 4) is 0 Å². The lowest BCUT2D eigenvalue weighted by Gasteiger charge is -2.26. The van der Waals surface area contributed by atoms with Gasteiger partial charge in [0.05, 0.1) is 21.5 Å². The van der Waals surface area contributed by atoms with Gasteiger partial charge in [-0.3, -0.25) is 4.79 Å². The lowest BCUT2D eigenvalue weighted by Crippen LogP contribution is -2.38. The van der Waals surface area contributed by atoms with Gasteiger partial charge >= 0.3 is 5.97 Å². The molecule has 1 aliphatic rings. The summed E-state index contributed by atoms with van der Waals surface area (Å²) in [6, 6.07) is 4.30. The number of carboxylic acid groups (broad SMARTS) is 1. The molecule has 0 radical (unpaired) electrons. The Labute approximate surface area is 141 Å². The lowest BCUT2D eigenvalue weighted by molar-refractivity contribution is -0.142. The van der Waals surface area contributed by atoms with E-state index in [0.29, 0.717) is 42.9 Å². The average molecular weight is 361 g/mol. The summed E-state index contributed by atoms with van der Waals surface area (Å²) in [5, 5.41) is 12.5. The van der Waals surface area contributed by atoms with Crippen LogP contribution in [0.2, 0.25) is 5.02 Å². The minimum atomic E-state index is -3.65. The second kappa shape index (κ2) is 7.51. The highest BCUT2D eigenvalue weighted by molar-refractivity contribution is 7.89. The van der Waals surface area contributed by atoms with Gasteiger partial charge in [0.15, 0.2) is 0 Å². The van der Waals surface area contributed by atoms with Gasteiger partial charge in [0.25, 0.3) is 0 Å². The molecular weight excluding hydrogens is 340 g/mol. The third kappa shape index (κ3) is 4.59. The van der Waals surface area contributed by atoms with E-state index in [9.17, 15) is 13.2 Å². The molecule has 1 fully saturated rings. The highest BCUT2D eigenvalue weighted by atomic mass is 35.5. The van der Waals surface area contributed by atoms with E-state index >= 15 is 0 Å². The summed E-state index contributed by atoms with van der Waals surface area (Å²) < 4.78 is 27.6. The van der Waals surface area contributed by atoms with Crippen LogP contribution in [0, 0.1) is 5.92 Å². The first-order chi connectivity index (χ1) is 10.8. The van der Waals surface area contributed by atoms with Crippen LogP contribution in [0.15, 0.2) is 23.1 Å². The number of sulfonamides is 1. The maximum atomic E-state index is 12.5. The summed E-state index contributed by atoms with van der Waals surface area (Å²) in [4.78, 5) is 11.1. The lowest BCUT2D eigenvalue weighted by atomic mass is 9.87. The maximum absolute atomic E-state index is 12.5. The predicted octanol–water partition coefficient (Wildman–Crippen LogP) is 2.69. The number of rotatable bonds is 6. The van der Waals surface area contributed by atoms with Gasteiger partial charge in [-0.05, 0) is 50.8 Å². The summed E-state index contributed by atoms with van der Waals surface area (Å²) in [5.74, 6) is -1.18. The molecule has 0 saturated heterocycles. The zero-order valence-electron chi connectivity index (χ0n) is 12.9. The molecule has 1 aliphatic carbocycles. The zero-order valence-corrected chi connectivity index (χ0v) is 14.5. The van der Waals surface area contributed by atoms with Gasteiger partial charge in [-0.2, -0.15) is 0 Å². The van der Waals surface area contributed by atoms with Crippen molar-refractivity contribution < 1.29 is 18.3 Å². The molecule has 0 atom stereocenters. The minimum absolute atomic E-state index is 0.151. The van der Waals surface area contributed by atoms with Crippen LogP contribution in [-0.2, 0) is 14.8 Å². The first-order valence-corrected chi connectivity index (χ1v) is 9.48. The Morgan fingerprint density at radius 3 is 2.52 bits per heavy atom. The maximum Gasteiger partial charge on any atom is 0.306 e. The van der Waals surface area contributed by atoms with Crippen LogP contribution in [0.25, 0.3) is 0 Å². The molecule has 2 rings (SSSR count). The molecule has 0 bridgehead atoms. The Hall–Kier alpha value is -1.31. The molecule has 1 aromatic rings. The third-order valence-electron chi connectivity index (χ3n) is 4.01. The average Bonchev–Trinajstić information content (AvgIpc) is 2.49. The molecule has 3 N–H and O–H groups in total. The molecular formula is C15H21ClN2O4S. The normalized spacial score (nSPS) is 21.8. The standard InChI is InChI=1S/C15H21ClN2O4S/c1-2-17-14-9-12(7-8-13(14)16)23(21,22)18-11-5-3-10(4-6-11)15(19)20/h7-11,17-18H,2-6H2,1H3,(H,19,20). The second-order valence-corrected chi connectivity index (χ2v) is 7.80. The van der Waals surface area contributed by atoms with Gasteiger partial charge in [0, 0.05) is 12.6 Å². The number of aliphatic carboxylic acids is 1. The molecule has 1 saturated carbocycles. The molecule has 8 heteroatoms. The fraction of sp³-hybridized carbons (Fsp3) is 0.533. The van der Waals surface area contributed by atoms with Gasteiger partial charge in [-0.15, -0.1) is 0 Å². The highest BCUT2D eigenvalue weighted by Crippen LogP contribution is 2.28. The summed E-state index contributed by atoms with van der Waals surface area (Å²) in [6.07, 6.45) is 2.05. The van der Waals surface area contributed by atoms with Crippen LogP contribution in [-0.4, -0.2) is 32.1 Å². The van der Waals surface area contributed by atoms with Gasteiger partial charge in [0.1, 0.15) is 0 Å². The van der Waals surface area contributed by atoms with Crippen molar-refractivity contribution in [1.82, 2.24) is 4.72 Å². The largest absolute Gasteiger partial charge is 0.481 e. The van der Waals surface area contributed by atoms with E-state index in [1.54, 1.807) is 6.07 Å². The fourth-order valence-electron chi connectivity index (χ4n) is 2.74. The van der Waals surface area contributed by atoms with Crippen molar-refractivity contribution >= 4 is 33.3 Å². The monoisotopic (exact) mass is 360 g/mol. The van der Waals surface area contributed by atoms with Crippen LogP contribution >= 0.6 is 11.6 Å². The summed E-state index contributed by atoms with van der Waals surface area (Å²) in [7, 11) is -3.65. The first kappa shape index (κ1) is 18.0. The van der Waals surface area contributed by atoms with Crippen LogP contribution in [0.3, 0.4) is 0 Å². The molecule has 0 aromatic heterocycles. The Morgan fingerprint density at radius 1 is 1.30 bits per heavy atom. The van der Waals surface area contributed by atoms with E-state index in [-0.39, 0.29) is 16.9 Å². The Balaban J connectivity index is 2.08. The number of hydrogen-bond donors (Lipinski definition) is 3. The topological polar surface area (TPSA) is 95.5 Å². The molecule has 6 nitrogen and oxygen atoms in total. The molecule has 0 heterocycles. The quantitative estimate of drug-likeness (QED) is 0.724. The molecule has 0 aliphatic heterocycles. The Morgan fingerprint density at radius 2 is 1.96 bits per heavy atom. The van der Waals surface area contributed by atoms with Crippen LogP contribution in [0.1, 0.15) is 32.6 Å². The fourth-order valence-corrected chi connectivity index (χ4v) is 4.26. The molecule has 1 aromatic carbocycles. The molecule has 0 amide bonds. The number of halogens is 1. The second-order valence-electron chi connectivity index (χ2n) is 5.68. The predicted molar refractivity (Wildman–Crippen MR) is 89.3 cm³/mol. The summed E-state index contributed by atoms with van der Waals surface area (Å²) >= 11 is 6.03. The number of benzene rings is 1. The van der Waals surface area contributed by atoms with E-state index in [4.69, 9.17) is 16.7 Å². The van der Waals surface area contributed by atoms with Crippen molar-refractivity contribution in [2.24, 2.45) is 5.92 Å². The van der Waals surface area contributed by atoms with Gasteiger partial charge < -0.3 is 10.4 Å². The van der Waals surface area contributed by atoms with Crippen LogP contribution in [0.5, 0.6) is 0 Å². The van der Waals surface area contributed by atoms with Crippen molar-refractivity contribution in [2.45, 2.75) is 43.5 Å². The van der Waals surface area contributed by atoms with Crippen LogP contribution < -0.4 is 10.0 Å². The molecule has 0 spiro atoms. The van der Waals surface area contributed by atoms with Gasteiger partial charge in [-0.25, -0.2) is 13.1 Å². The first-order valence-electron chi connectivity index (χ1n) is 7.62. The van der Waals surface area contributed by atoms with Crippen molar-refractivity contribution in [3.63, 3.8) is 0 Å². The zero-order chi connectivity index (χ0) is 17.0. The van der Waals surface area contributed by atoms with Crippen molar-refractivity contribution in [1.29, 1.82) is 0 Å². The van der Waals surface area contributed by atoms with Crippen molar-refractivity contribution in [2.75, 3.05) is 11.9 Å². The number of hydrogen-bond acceptors (Lipinski definition) is 4. The van der Waals surface area contributed by atoms with E-state index in [1.807, 2.05) is 6.92 Å². The Bertz CT molecular complexity index is 670. The minimum Gasteiger partial charge on any atom is -0.481 e. The summed E-state index contributed by atoms with van der Waals surface area (Å²) in [6.45, 7) is 2.53. The van der Waals surface area contributed by atoms with Gasteiger partial charge in [0.2, 0.25) is 10.0 Å². The number of nitrogens with one attached hydrogen (secondary N) is 2. The number of carbonyl (C=O) groups is 1.